The van der Waals surface area contributed by atoms with E-state index in [0.717, 1.165) is 5.56 Å². The zero-order valence-corrected chi connectivity index (χ0v) is 21.0. The number of aliphatic carboxylic acids is 3. The largest absolute Gasteiger partial charge is 0.480 e. The number of fused-ring (bicyclic) bond motifs is 2. The van der Waals surface area contributed by atoms with Gasteiger partial charge in [0, 0.05) is 32.7 Å². The molecule has 37 heavy (non-hydrogen) atoms. The van der Waals surface area contributed by atoms with E-state index in [1.54, 1.807) is 32.9 Å². The van der Waals surface area contributed by atoms with Gasteiger partial charge in [-0.3, -0.25) is 34.1 Å². The van der Waals surface area contributed by atoms with Gasteiger partial charge in [0.1, 0.15) is 0 Å². The molecule has 2 aromatic rings. The predicted molar refractivity (Wildman–Crippen MR) is 138 cm³/mol. The van der Waals surface area contributed by atoms with Crippen molar-refractivity contribution in [3.63, 3.8) is 0 Å². The van der Waals surface area contributed by atoms with Gasteiger partial charge in [-0.2, -0.15) is 4.99 Å². The van der Waals surface area contributed by atoms with Crippen molar-refractivity contribution < 1.29 is 29.7 Å². The molecule has 12 heteroatoms. The van der Waals surface area contributed by atoms with Crippen LogP contribution in [-0.4, -0.2) is 104 Å². The third-order valence-electron chi connectivity index (χ3n) is 6.03. The maximum absolute atomic E-state index is 11.8. The van der Waals surface area contributed by atoms with Gasteiger partial charge in [0.2, 0.25) is 0 Å². The second kappa shape index (κ2) is 13.7. The van der Waals surface area contributed by atoms with E-state index in [2.05, 4.69) is 22.4 Å². The number of aromatic nitrogens is 1. The molecule has 196 valence electrons. The van der Waals surface area contributed by atoms with E-state index in [0.29, 0.717) is 43.1 Å². The number of thiocarbonyl (C=S) groups is 1. The van der Waals surface area contributed by atoms with Gasteiger partial charge in [-0.25, -0.2) is 0 Å². The average Bonchev–Trinajstić information content (AvgIpc) is 2.83. The molecule has 3 N–H and O–H groups in total. The Bertz CT molecular complexity index is 1150. The monoisotopic (exact) mass is 527 g/mol. The Morgan fingerprint density at radius 2 is 1.51 bits per heavy atom. The zero-order chi connectivity index (χ0) is 26.8. The van der Waals surface area contributed by atoms with Gasteiger partial charge in [-0.1, -0.05) is 18.2 Å². The molecule has 1 unspecified atom stereocenters. The second-order valence-corrected chi connectivity index (χ2v) is 8.96. The van der Waals surface area contributed by atoms with Crippen LogP contribution in [0.4, 0.5) is 5.69 Å². The number of carbonyl (C=O) groups is 3. The summed E-state index contributed by atoms with van der Waals surface area (Å²) < 4.78 is 0. The predicted octanol–water partition coefficient (Wildman–Crippen LogP) is 1.77. The lowest BCUT2D eigenvalue weighted by Crippen LogP contribution is -2.45. The number of hydrogen-bond acceptors (Lipinski definition) is 9. The first-order valence-electron chi connectivity index (χ1n) is 11.7. The Hall–Kier alpha value is -3.54. The van der Waals surface area contributed by atoms with Gasteiger partial charge in [-0.15, -0.1) is 0 Å². The van der Waals surface area contributed by atoms with Crippen molar-refractivity contribution in [2.75, 3.05) is 45.8 Å². The fourth-order valence-corrected chi connectivity index (χ4v) is 4.45. The minimum atomic E-state index is -1.01. The first kappa shape index (κ1) is 28.0. The number of carboxylic acid groups (broad SMARTS) is 3. The second-order valence-electron chi connectivity index (χ2n) is 8.78. The minimum absolute atomic E-state index is 0.210. The first-order valence-corrected chi connectivity index (χ1v) is 12.1. The molecule has 11 nitrogen and oxygen atoms in total. The highest BCUT2D eigenvalue weighted by molar-refractivity contribution is 7.78. The van der Waals surface area contributed by atoms with Crippen molar-refractivity contribution in [3.05, 3.63) is 59.4 Å². The lowest BCUT2D eigenvalue weighted by atomic mass is 10.00. The molecule has 1 aromatic carbocycles. The van der Waals surface area contributed by atoms with Gasteiger partial charge in [0.05, 0.1) is 47.9 Å². The summed E-state index contributed by atoms with van der Waals surface area (Å²) in [5.41, 5.74) is 2.89. The van der Waals surface area contributed by atoms with E-state index in [4.69, 9.17) is 4.98 Å². The van der Waals surface area contributed by atoms with Crippen LogP contribution in [0, 0.1) is 0 Å². The molecule has 0 saturated heterocycles. The number of hydrogen-bond donors (Lipinski definition) is 3. The standard InChI is InChI=1S/C25H29N5O6S/c31-23(32)14-28-8-9-29(15-24(33)34)13-20-2-1-3-21(27-20)22(30(11-10-28)16-25(35)36)12-18-4-6-19(7-5-18)26-17-37/h1-7,22H,8-16H2,(H,31,32)(H,33,34)(H,35,36). The van der Waals surface area contributed by atoms with Crippen molar-refractivity contribution in [1.29, 1.82) is 0 Å². The van der Waals surface area contributed by atoms with E-state index >= 15 is 0 Å². The Balaban J connectivity index is 2.01. The molecule has 0 aliphatic carbocycles. The van der Waals surface area contributed by atoms with Gasteiger partial charge in [-0.05, 0) is 48.5 Å². The van der Waals surface area contributed by atoms with E-state index in [1.807, 2.05) is 24.3 Å². The molecule has 1 aromatic heterocycles. The SMILES string of the molecule is O=C(O)CN1CCN(CC(=O)O)Cc2cccc(n2)C(Cc2ccc(N=C=S)cc2)N(CC(=O)O)CC1. The Labute approximate surface area is 219 Å². The van der Waals surface area contributed by atoms with E-state index < -0.39 is 23.9 Å². The number of isothiocyanates is 1. The molecule has 0 radical (unpaired) electrons. The summed E-state index contributed by atoms with van der Waals surface area (Å²) in [7, 11) is 0. The lowest BCUT2D eigenvalue weighted by Gasteiger charge is -2.34. The van der Waals surface area contributed by atoms with Crippen molar-refractivity contribution >= 4 is 41.0 Å². The summed E-state index contributed by atoms with van der Waals surface area (Å²) in [4.78, 5) is 48.7. The molecule has 1 atom stereocenters. The molecule has 0 fully saturated rings. The summed E-state index contributed by atoms with van der Waals surface area (Å²) in [5, 5.41) is 30.8. The molecular formula is C25H29N5O6S. The molecular weight excluding hydrogens is 498 g/mol. The number of aliphatic imine (C=N–C) groups is 1. The van der Waals surface area contributed by atoms with Crippen LogP contribution in [0.5, 0.6) is 0 Å². The quantitative estimate of drug-likeness (QED) is 0.324. The third kappa shape index (κ3) is 9.12. The number of nitrogens with zero attached hydrogens (tertiary/aromatic N) is 5. The maximum Gasteiger partial charge on any atom is 0.317 e. The topological polar surface area (TPSA) is 147 Å². The van der Waals surface area contributed by atoms with Crippen LogP contribution < -0.4 is 0 Å². The van der Waals surface area contributed by atoms with Crippen LogP contribution in [0.2, 0.25) is 0 Å². The lowest BCUT2D eigenvalue weighted by molar-refractivity contribution is -0.141. The fourth-order valence-electron chi connectivity index (χ4n) is 4.34. The van der Waals surface area contributed by atoms with Crippen LogP contribution >= 0.6 is 12.2 Å². The number of benzene rings is 1. The average molecular weight is 528 g/mol. The number of rotatable bonds is 9. The van der Waals surface area contributed by atoms with Gasteiger partial charge in [0.15, 0.2) is 0 Å². The molecule has 0 spiro atoms. The Kier molecular flexibility index (Phi) is 10.4. The summed E-state index contributed by atoms with van der Waals surface area (Å²) in [5.74, 6) is -3.00. The highest BCUT2D eigenvalue weighted by atomic mass is 32.1. The zero-order valence-electron chi connectivity index (χ0n) is 20.2. The molecule has 2 heterocycles. The van der Waals surface area contributed by atoms with Crippen LogP contribution in [0.25, 0.3) is 0 Å². The van der Waals surface area contributed by atoms with Crippen molar-refractivity contribution in [1.82, 2.24) is 19.7 Å². The normalized spacial score (nSPS) is 17.7. The van der Waals surface area contributed by atoms with Gasteiger partial charge < -0.3 is 15.3 Å². The minimum Gasteiger partial charge on any atom is -0.480 e. The first-order chi connectivity index (χ1) is 17.7. The van der Waals surface area contributed by atoms with E-state index in [1.165, 1.54) is 0 Å². The van der Waals surface area contributed by atoms with Gasteiger partial charge >= 0.3 is 17.9 Å². The Morgan fingerprint density at radius 1 is 0.892 bits per heavy atom. The highest BCUT2D eigenvalue weighted by Gasteiger charge is 2.27. The summed E-state index contributed by atoms with van der Waals surface area (Å²) in [6.45, 7) is 0.765. The summed E-state index contributed by atoms with van der Waals surface area (Å²) in [6, 6.07) is 12.4. The van der Waals surface area contributed by atoms with Crippen LogP contribution in [-0.2, 0) is 27.3 Å². The smallest absolute Gasteiger partial charge is 0.317 e. The molecule has 0 amide bonds. The summed E-state index contributed by atoms with van der Waals surface area (Å²) in [6.07, 6.45) is 0.448. The molecule has 2 bridgehead atoms. The Morgan fingerprint density at radius 3 is 2.16 bits per heavy atom. The maximum atomic E-state index is 11.8. The number of carboxylic acids is 3. The molecule has 3 rings (SSSR count). The number of pyridine rings is 1. The molecule has 0 saturated carbocycles. The summed E-state index contributed by atoms with van der Waals surface area (Å²) >= 11 is 4.66. The van der Waals surface area contributed by atoms with Crippen LogP contribution in [0.15, 0.2) is 47.5 Å². The third-order valence-corrected chi connectivity index (χ3v) is 6.12. The highest BCUT2D eigenvalue weighted by Crippen LogP contribution is 2.26. The van der Waals surface area contributed by atoms with E-state index in [9.17, 15) is 29.7 Å². The molecule has 1 aliphatic rings. The fraction of sp³-hybridized carbons (Fsp3) is 0.400. The van der Waals surface area contributed by atoms with Crippen molar-refractivity contribution in [2.45, 2.75) is 19.0 Å². The van der Waals surface area contributed by atoms with E-state index in [-0.39, 0.29) is 32.7 Å². The van der Waals surface area contributed by atoms with Crippen molar-refractivity contribution in [2.24, 2.45) is 4.99 Å². The van der Waals surface area contributed by atoms with Crippen molar-refractivity contribution in [3.8, 4) is 0 Å². The molecule has 1 aliphatic heterocycles. The van der Waals surface area contributed by atoms with Crippen LogP contribution in [0.1, 0.15) is 23.0 Å². The van der Waals surface area contributed by atoms with Gasteiger partial charge in [0.25, 0.3) is 0 Å². The van der Waals surface area contributed by atoms with Crippen LogP contribution in [0.3, 0.4) is 0 Å².